The van der Waals surface area contributed by atoms with Crippen LogP contribution in [-0.4, -0.2) is 10.9 Å². The van der Waals surface area contributed by atoms with Gasteiger partial charge in [-0.2, -0.15) is 0 Å². The topological polar surface area (TPSA) is 42.0 Å². The highest BCUT2D eigenvalue weighted by molar-refractivity contribution is 5.84. The van der Waals surface area contributed by atoms with Gasteiger partial charge in [-0.05, 0) is 36.5 Å². The smallest absolute Gasteiger partial charge is 0.228 e. The molecule has 1 amide bonds. The molecule has 3 rings (SSSR count). The summed E-state index contributed by atoms with van der Waals surface area (Å²) in [5.41, 5.74) is 2.01. The van der Waals surface area contributed by atoms with Crippen LogP contribution in [0, 0.1) is 5.92 Å². The molecule has 0 radical (unpaired) electrons. The van der Waals surface area contributed by atoms with Crippen molar-refractivity contribution in [2.24, 2.45) is 5.92 Å². The van der Waals surface area contributed by atoms with E-state index in [4.69, 9.17) is 0 Å². The number of hydrogen-bond donors (Lipinski definition) is 1. The molecule has 3 heteroatoms. The van der Waals surface area contributed by atoms with Crippen LogP contribution in [0.2, 0.25) is 0 Å². The molecule has 2 aromatic rings. The Kier molecular flexibility index (Phi) is 3.77. The van der Waals surface area contributed by atoms with Crippen LogP contribution in [0.3, 0.4) is 0 Å². The summed E-state index contributed by atoms with van der Waals surface area (Å²) in [5.74, 6) is 0.602. The summed E-state index contributed by atoms with van der Waals surface area (Å²) in [7, 11) is 0. The minimum Gasteiger partial charge on any atom is -0.350 e. The van der Waals surface area contributed by atoms with Crippen LogP contribution in [0.25, 0.3) is 0 Å². The van der Waals surface area contributed by atoms with Crippen LogP contribution in [0.5, 0.6) is 0 Å². The Morgan fingerprint density at radius 2 is 1.90 bits per heavy atom. The Morgan fingerprint density at radius 3 is 2.55 bits per heavy atom. The Morgan fingerprint density at radius 1 is 1.15 bits per heavy atom. The molecule has 1 heterocycles. The second-order valence-electron chi connectivity index (χ2n) is 5.26. The van der Waals surface area contributed by atoms with Crippen LogP contribution in [0.15, 0.2) is 54.7 Å². The van der Waals surface area contributed by atoms with Gasteiger partial charge in [-0.1, -0.05) is 36.4 Å². The number of carbonyl (C=O) groups excluding carboxylic acids is 1. The molecule has 1 N–H and O–H groups in total. The first kappa shape index (κ1) is 12.9. The second kappa shape index (κ2) is 5.87. The Balaban J connectivity index is 1.68. The van der Waals surface area contributed by atoms with E-state index in [2.05, 4.69) is 10.3 Å². The van der Waals surface area contributed by atoms with Crippen molar-refractivity contribution in [1.82, 2.24) is 10.3 Å². The summed E-state index contributed by atoms with van der Waals surface area (Å²) in [5, 5.41) is 3.02. The van der Waals surface area contributed by atoms with Gasteiger partial charge in [0.05, 0.1) is 18.2 Å². The van der Waals surface area contributed by atoms with Gasteiger partial charge in [0, 0.05) is 6.20 Å². The third-order valence-corrected chi connectivity index (χ3v) is 3.70. The second-order valence-corrected chi connectivity index (χ2v) is 5.26. The number of nitrogens with zero attached hydrogens (tertiary/aromatic N) is 1. The predicted octanol–water partition coefficient (Wildman–Crippen LogP) is 2.89. The normalized spacial score (nSPS) is 15.6. The number of amides is 1. The fraction of sp³-hybridized carbons (Fsp3) is 0.294. The van der Waals surface area contributed by atoms with Gasteiger partial charge in [0.2, 0.25) is 5.91 Å². The fourth-order valence-electron chi connectivity index (χ4n) is 2.52. The Bertz CT molecular complexity index is 564. The average Bonchev–Trinajstić information content (AvgIpc) is 3.32. The van der Waals surface area contributed by atoms with E-state index >= 15 is 0 Å². The van der Waals surface area contributed by atoms with E-state index < -0.39 is 0 Å². The first-order valence-corrected chi connectivity index (χ1v) is 7.07. The maximum atomic E-state index is 12.5. The van der Waals surface area contributed by atoms with Gasteiger partial charge in [0.1, 0.15) is 0 Å². The molecule has 1 atom stereocenters. The lowest BCUT2D eigenvalue weighted by molar-refractivity contribution is -0.123. The lowest BCUT2D eigenvalue weighted by Crippen LogP contribution is -2.30. The molecule has 1 aliphatic rings. The van der Waals surface area contributed by atoms with Gasteiger partial charge in [0.15, 0.2) is 0 Å². The van der Waals surface area contributed by atoms with Gasteiger partial charge < -0.3 is 5.32 Å². The van der Waals surface area contributed by atoms with E-state index in [1.54, 1.807) is 6.20 Å². The SMILES string of the molecule is O=C(NCc1ccccn1)C(c1ccccc1)C1CC1. The Hall–Kier alpha value is -2.16. The van der Waals surface area contributed by atoms with Crippen LogP contribution < -0.4 is 5.32 Å². The summed E-state index contributed by atoms with van der Waals surface area (Å²) < 4.78 is 0. The first-order chi connectivity index (χ1) is 9.84. The number of carbonyl (C=O) groups is 1. The van der Waals surface area contributed by atoms with Crippen LogP contribution in [0.4, 0.5) is 0 Å². The molecular weight excluding hydrogens is 248 g/mol. The van der Waals surface area contributed by atoms with Crippen LogP contribution in [0.1, 0.15) is 30.0 Å². The molecule has 1 fully saturated rings. The number of benzene rings is 1. The lowest BCUT2D eigenvalue weighted by Gasteiger charge is -2.16. The van der Waals surface area contributed by atoms with E-state index in [9.17, 15) is 4.79 Å². The van der Waals surface area contributed by atoms with E-state index in [-0.39, 0.29) is 11.8 Å². The molecule has 1 aromatic carbocycles. The highest BCUT2D eigenvalue weighted by Gasteiger charge is 2.36. The van der Waals surface area contributed by atoms with Crippen molar-refractivity contribution < 1.29 is 4.79 Å². The molecule has 102 valence electrons. The molecule has 1 aromatic heterocycles. The first-order valence-electron chi connectivity index (χ1n) is 7.07. The predicted molar refractivity (Wildman–Crippen MR) is 78.0 cm³/mol. The zero-order valence-electron chi connectivity index (χ0n) is 11.3. The van der Waals surface area contributed by atoms with Crippen molar-refractivity contribution in [3.05, 3.63) is 66.0 Å². The van der Waals surface area contributed by atoms with Crippen LogP contribution in [-0.2, 0) is 11.3 Å². The van der Waals surface area contributed by atoms with Crippen molar-refractivity contribution in [3.8, 4) is 0 Å². The lowest BCUT2D eigenvalue weighted by atomic mass is 9.93. The quantitative estimate of drug-likeness (QED) is 0.904. The third-order valence-electron chi connectivity index (χ3n) is 3.70. The third kappa shape index (κ3) is 3.05. The molecule has 0 spiro atoms. The molecule has 0 bridgehead atoms. The summed E-state index contributed by atoms with van der Waals surface area (Å²) in [6.45, 7) is 0.496. The van der Waals surface area contributed by atoms with Gasteiger partial charge in [0.25, 0.3) is 0 Å². The zero-order valence-corrected chi connectivity index (χ0v) is 11.3. The Labute approximate surface area is 119 Å². The maximum absolute atomic E-state index is 12.5. The minimum absolute atomic E-state index is 0.0140. The number of pyridine rings is 1. The fourth-order valence-corrected chi connectivity index (χ4v) is 2.52. The standard InChI is InChI=1S/C17H18N2O/c20-17(19-12-15-8-4-5-11-18-15)16(14-9-10-14)13-6-2-1-3-7-13/h1-8,11,14,16H,9-10,12H2,(H,19,20). The monoisotopic (exact) mass is 266 g/mol. The van der Waals surface area contributed by atoms with Crippen molar-refractivity contribution in [3.63, 3.8) is 0 Å². The summed E-state index contributed by atoms with van der Waals surface area (Å²) in [6.07, 6.45) is 4.05. The van der Waals surface area contributed by atoms with E-state index in [1.807, 2.05) is 48.5 Å². The van der Waals surface area contributed by atoms with E-state index in [0.717, 1.165) is 24.1 Å². The highest BCUT2D eigenvalue weighted by atomic mass is 16.1. The molecule has 0 saturated heterocycles. The van der Waals surface area contributed by atoms with Gasteiger partial charge in [-0.15, -0.1) is 0 Å². The highest BCUT2D eigenvalue weighted by Crippen LogP contribution is 2.42. The van der Waals surface area contributed by atoms with E-state index in [0.29, 0.717) is 12.5 Å². The average molecular weight is 266 g/mol. The number of hydrogen-bond acceptors (Lipinski definition) is 2. The minimum atomic E-state index is -0.0140. The zero-order chi connectivity index (χ0) is 13.8. The number of rotatable bonds is 5. The van der Waals surface area contributed by atoms with Crippen molar-refractivity contribution in [2.75, 3.05) is 0 Å². The molecule has 1 unspecified atom stereocenters. The van der Waals surface area contributed by atoms with Crippen molar-refractivity contribution >= 4 is 5.91 Å². The number of nitrogens with one attached hydrogen (secondary N) is 1. The number of aromatic nitrogens is 1. The van der Waals surface area contributed by atoms with Gasteiger partial charge >= 0.3 is 0 Å². The molecular formula is C17H18N2O. The molecule has 20 heavy (non-hydrogen) atoms. The van der Waals surface area contributed by atoms with Crippen LogP contribution >= 0.6 is 0 Å². The molecule has 0 aliphatic heterocycles. The summed E-state index contributed by atoms with van der Waals surface area (Å²) in [4.78, 5) is 16.7. The van der Waals surface area contributed by atoms with Crippen molar-refractivity contribution in [2.45, 2.75) is 25.3 Å². The summed E-state index contributed by atoms with van der Waals surface area (Å²) >= 11 is 0. The maximum Gasteiger partial charge on any atom is 0.228 e. The summed E-state index contributed by atoms with van der Waals surface area (Å²) in [6, 6.07) is 15.8. The van der Waals surface area contributed by atoms with Crippen molar-refractivity contribution in [1.29, 1.82) is 0 Å². The molecule has 1 saturated carbocycles. The molecule has 3 nitrogen and oxygen atoms in total. The van der Waals surface area contributed by atoms with Gasteiger partial charge in [-0.25, -0.2) is 0 Å². The molecule has 1 aliphatic carbocycles. The van der Waals surface area contributed by atoms with Gasteiger partial charge in [-0.3, -0.25) is 9.78 Å². The largest absolute Gasteiger partial charge is 0.350 e. The van der Waals surface area contributed by atoms with E-state index in [1.165, 1.54) is 0 Å².